The van der Waals surface area contributed by atoms with Gasteiger partial charge in [0.2, 0.25) is 0 Å². The van der Waals surface area contributed by atoms with Crippen LogP contribution in [-0.4, -0.2) is 24.9 Å². The molecular formula is C9H14O2. The number of aliphatic hydroxyl groups is 1. The molecule has 11 heavy (non-hydrogen) atoms. The van der Waals surface area contributed by atoms with Gasteiger partial charge in [-0.2, -0.15) is 0 Å². The average molecular weight is 154 g/mol. The van der Waals surface area contributed by atoms with Gasteiger partial charge in [0.25, 0.3) is 0 Å². The number of hydrogen-bond acceptors (Lipinski definition) is 2. The molecule has 2 nitrogen and oxygen atoms in total. The summed E-state index contributed by atoms with van der Waals surface area (Å²) in [6.45, 7) is 0.503. The number of hydrogen-bond donors (Lipinski definition) is 1. The van der Waals surface area contributed by atoms with Crippen LogP contribution in [0.15, 0.2) is 0 Å². The number of methoxy groups -OCH3 is 1. The van der Waals surface area contributed by atoms with Crippen molar-refractivity contribution in [1.82, 2.24) is 0 Å². The normalized spacial score (nSPS) is 28.5. The van der Waals surface area contributed by atoms with Crippen LogP contribution in [0.1, 0.15) is 19.3 Å². The Hall–Kier alpha value is -0.520. The van der Waals surface area contributed by atoms with Crippen molar-refractivity contribution in [3.63, 3.8) is 0 Å². The van der Waals surface area contributed by atoms with E-state index >= 15 is 0 Å². The summed E-state index contributed by atoms with van der Waals surface area (Å²) < 4.78 is 4.77. The summed E-state index contributed by atoms with van der Waals surface area (Å²) in [4.78, 5) is 0. The highest BCUT2D eigenvalue weighted by molar-refractivity contribution is 5.02. The Morgan fingerprint density at radius 3 is 2.73 bits per heavy atom. The molecule has 62 valence electrons. The van der Waals surface area contributed by atoms with Crippen molar-refractivity contribution in [2.45, 2.75) is 25.4 Å². The van der Waals surface area contributed by atoms with Gasteiger partial charge in [-0.15, -0.1) is 5.92 Å². The number of ether oxygens (including phenoxy) is 1. The van der Waals surface area contributed by atoms with Crippen molar-refractivity contribution in [2.75, 3.05) is 13.7 Å². The Balaban J connectivity index is 2.08. The van der Waals surface area contributed by atoms with Gasteiger partial charge in [-0.25, -0.2) is 0 Å². The van der Waals surface area contributed by atoms with Crippen LogP contribution in [0, 0.1) is 17.8 Å². The number of aliphatic hydroxyl groups excluding tert-OH is 1. The summed E-state index contributed by atoms with van der Waals surface area (Å²) in [6, 6.07) is 0. The molecule has 1 aliphatic rings. The SMILES string of the molecule is COCC#CCC1CCC1O. The quantitative estimate of drug-likeness (QED) is 0.596. The Morgan fingerprint density at radius 1 is 1.45 bits per heavy atom. The lowest BCUT2D eigenvalue weighted by molar-refractivity contribution is 0.0270. The number of rotatable bonds is 2. The van der Waals surface area contributed by atoms with E-state index in [1.807, 2.05) is 0 Å². The largest absolute Gasteiger partial charge is 0.393 e. The van der Waals surface area contributed by atoms with Crippen LogP contribution in [0.2, 0.25) is 0 Å². The van der Waals surface area contributed by atoms with E-state index in [2.05, 4.69) is 11.8 Å². The zero-order chi connectivity index (χ0) is 8.10. The van der Waals surface area contributed by atoms with E-state index in [1.165, 1.54) is 0 Å². The third-order valence-corrected chi connectivity index (χ3v) is 2.08. The minimum Gasteiger partial charge on any atom is -0.393 e. The van der Waals surface area contributed by atoms with Crippen molar-refractivity contribution in [3.8, 4) is 11.8 Å². The molecule has 1 N–H and O–H groups in total. The molecule has 0 radical (unpaired) electrons. The lowest BCUT2D eigenvalue weighted by atomic mass is 9.80. The summed E-state index contributed by atoms with van der Waals surface area (Å²) in [5.74, 6) is 6.29. The Kier molecular flexibility index (Phi) is 3.41. The van der Waals surface area contributed by atoms with E-state index in [0.717, 1.165) is 19.3 Å². The molecule has 0 heterocycles. The van der Waals surface area contributed by atoms with Crippen molar-refractivity contribution in [1.29, 1.82) is 0 Å². The lowest BCUT2D eigenvalue weighted by Crippen LogP contribution is -2.30. The predicted octanol–water partition coefficient (Wildman–Crippen LogP) is 0.797. The van der Waals surface area contributed by atoms with Gasteiger partial charge in [0.1, 0.15) is 6.61 Å². The Labute approximate surface area is 67.6 Å². The van der Waals surface area contributed by atoms with Gasteiger partial charge in [-0.3, -0.25) is 0 Å². The maximum atomic E-state index is 9.17. The first-order valence-electron chi connectivity index (χ1n) is 3.97. The van der Waals surface area contributed by atoms with Crippen molar-refractivity contribution >= 4 is 0 Å². The fourth-order valence-corrected chi connectivity index (χ4v) is 1.12. The molecule has 1 rings (SSSR count). The molecule has 2 unspecified atom stereocenters. The summed E-state index contributed by atoms with van der Waals surface area (Å²) in [5, 5.41) is 9.17. The van der Waals surface area contributed by atoms with E-state index < -0.39 is 0 Å². The van der Waals surface area contributed by atoms with Crippen LogP contribution in [-0.2, 0) is 4.74 Å². The standard InChI is InChI=1S/C9H14O2/c1-11-7-3-2-4-8-5-6-9(8)10/h8-10H,4-7H2,1H3. The molecule has 0 aromatic heterocycles. The second-order valence-electron chi connectivity index (χ2n) is 2.90. The molecule has 0 aromatic rings. The van der Waals surface area contributed by atoms with Crippen LogP contribution < -0.4 is 0 Å². The Bertz CT molecular complexity index is 166. The minimum absolute atomic E-state index is 0.0909. The molecule has 1 saturated carbocycles. The van der Waals surface area contributed by atoms with Crippen LogP contribution in [0.5, 0.6) is 0 Å². The third-order valence-electron chi connectivity index (χ3n) is 2.08. The highest BCUT2D eigenvalue weighted by Gasteiger charge is 2.27. The zero-order valence-corrected chi connectivity index (χ0v) is 6.84. The van der Waals surface area contributed by atoms with Crippen LogP contribution in [0.4, 0.5) is 0 Å². The molecule has 2 heteroatoms. The van der Waals surface area contributed by atoms with Gasteiger partial charge in [-0.1, -0.05) is 5.92 Å². The van der Waals surface area contributed by atoms with Gasteiger partial charge in [0.05, 0.1) is 6.10 Å². The second kappa shape index (κ2) is 4.38. The predicted molar refractivity (Wildman–Crippen MR) is 43.0 cm³/mol. The summed E-state index contributed by atoms with van der Waals surface area (Å²) in [6.07, 6.45) is 2.82. The van der Waals surface area contributed by atoms with Crippen LogP contribution in [0.25, 0.3) is 0 Å². The molecule has 0 aromatic carbocycles. The van der Waals surface area contributed by atoms with E-state index in [1.54, 1.807) is 7.11 Å². The van der Waals surface area contributed by atoms with Crippen molar-refractivity contribution in [2.24, 2.45) is 5.92 Å². The smallest absolute Gasteiger partial charge is 0.107 e. The fraction of sp³-hybridized carbons (Fsp3) is 0.778. The first-order chi connectivity index (χ1) is 5.34. The van der Waals surface area contributed by atoms with E-state index in [-0.39, 0.29) is 6.10 Å². The second-order valence-corrected chi connectivity index (χ2v) is 2.90. The fourth-order valence-electron chi connectivity index (χ4n) is 1.12. The topological polar surface area (TPSA) is 29.5 Å². The van der Waals surface area contributed by atoms with E-state index in [4.69, 9.17) is 9.84 Å². The summed E-state index contributed by atoms with van der Waals surface area (Å²) in [5.41, 5.74) is 0. The van der Waals surface area contributed by atoms with Gasteiger partial charge >= 0.3 is 0 Å². The first-order valence-corrected chi connectivity index (χ1v) is 3.97. The van der Waals surface area contributed by atoms with Gasteiger partial charge < -0.3 is 9.84 Å². The highest BCUT2D eigenvalue weighted by atomic mass is 16.5. The van der Waals surface area contributed by atoms with Crippen LogP contribution >= 0.6 is 0 Å². The zero-order valence-electron chi connectivity index (χ0n) is 6.84. The minimum atomic E-state index is -0.0909. The highest BCUT2D eigenvalue weighted by Crippen LogP contribution is 2.29. The molecule has 2 atom stereocenters. The molecule has 0 saturated heterocycles. The lowest BCUT2D eigenvalue weighted by Gasteiger charge is -2.30. The van der Waals surface area contributed by atoms with Gasteiger partial charge in [-0.05, 0) is 18.8 Å². The molecular weight excluding hydrogens is 140 g/mol. The average Bonchev–Trinajstić information content (AvgIpc) is 2.02. The van der Waals surface area contributed by atoms with Gasteiger partial charge in [0.15, 0.2) is 0 Å². The molecule has 0 spiro atoms. The van der Waals surface area contributed by atoms with Crippen molar-refractivity contribution in [3.05, 3.63) is 0 Å². The molecule has 1 fully saturated rings. The molecule has 0 aliphatic heterocycles. The van der Waals surface area contributed by atoms with E-state index in [0.29, 0.717) is 12.5 Å². The van der Waals surface area contributed by atoms with Gasteiger partial charge in [0, 0.05) is 13.5 Å². The molecule has 0 amide bonds. The van der Waals surface area contributed by atoms with Crippen molar-refractivity contribution < 1.29 is 9.84 Å². The first kappa shape index (κ1) is 8.58. The monoisotopic (exact) mass is 154 g/mol. The maximum Gasteiger partial charge on any atom is 0.107 e. The van der Waals surface area contributed by atoms with E-state index in [9.17, 15) is 0 Å². The summed E-state index contributed by atoms with van der Waals surface area (Å²) >= 11 is 0. The summed E-state index contributed by atoms with van der Waals surface area (Å²) in [7, 11) is 1.63. The Morgan fingerprint density at radius 2 is 2.27 bits per heavy atom. The molecule has 1 aliphatic carbocycles. The van der Waals surface area contributed by atoms with Crippen LogP contribution in [0.3, 0.4) is 0 Å². The maximum absolute atomic E-state index is 9.17. The molecule has 0 bridgehead atoms. The third kappa shape index (κ3) is 2.53.